The number of likely N-dealkylation sites (tertiary alicyclic amines) is 1. The summed E-state index contributed by atoms with van der Waals surface area (Å²) in [7, 11) is 0. The lowest BCUT2D eigenvalue weighted by Crippen LogP contribution is -2.33. The maximum Gasteiger partial charge on any atom is 0.304 e. The largest absolute Gasteiger partial charge is 0.481 e. The zero-order valence-corrected chi connectivity index (χ0v) is 16.4. The Balaban J connectivity index is 1.70. The molecule has 1 heterocycles. The van der Waals surface area contributed by atoms with Crippen LogP contribution in [0.25, 0.3) is 0 Å². The second kappa shape index (κ2) is 11.8. The number of benzene rings is 1. The average molecular weight is 392 g/mol. The number of rotatable bonds is 12. The molecule has 2 N–H and O–H groups in total. The third-order valence-corrected chi connectivity index (χ3v) is 5.69. The van der Waals surface area contributed by atoms with Crippen molar-refractivity contribution in [1.82, 2.24) is 4.90 Å². The van der Waals surface area contributed by atoms with E-state index in [0.717, 1.165) is 37.1 Å². The normalized spacial score (nSPS) is 18.3. The highest BCUT2D eigenvalue weighted by molar-refractivity contribution is 7.99. The molecule has 6 heteroatoms. The van der Waals surface area contributed by atoms with E-state index in [1.54, 1.807) is 11.8 Å². The highest BCUT2D eigenvalue weighted by Gasteiger charge is 2.28. The quantitative estimate of drug-likeness (QED) is 0.423. The lowest BCUT2D eigenvalue weighted by molar-refractivity contribution is -0.136. The lowest BCUT2D eigenvalue weighted by Gasteiger charge is -2.22. The van der Waals surface area contributed by atoms with Crippen LogP contribution in [-0.2, 0) is 16.0 Å². The van der Waals surface area contributed by atoms with Crippen LogP contribution in [0.4, 0.5) is 0 Å². The summed E-state index contributed by atoms with van der Waals surface area (Å²) in [6.07, 6.45) is 7.28. The summed E-state index contributed by atoms with van der Waals surface area (Å²) in [5.41, 5.74) is 1.09. The molecule has 1 aliphatic rings. The molecule has 1 fully saturated rings. The first-order chi connectivity index (χ1) is 13.1. The van der Waals surface area contributed by atoms with Crippen molar-refractivity contribution in [1.29, 1.82) is 0 Å². The van der Waals surface area contributed by atoms with Crippen molar-refractivity contribution in [3.8, 4) is 0 Å². The first kappa shape index (κ1) is 21.5. The van der Waals surface area contributed by atoms with Crippen LogP contribution in [0.1, 0.15) is 37.7 Å². The van der Waals surface area contributed by atoms with Crippen molar-refractivity contribution >= 4 is 23.6 Å². The maximum atomic E-state index is 12.1. The minimum Gasteiger partial charge on any atom is -0.481 e. The molecule has 0 aliphatic carbocycles. The molecule has 27 heavy (non-hydrogen) atoms. The van der Waals surface area contributed by atoms with E-state index in [4.69, 9.17) is 5.11 Å². The van der Waals surface area contributed by atoms with E-state index in [1.807, 2.05) is 47.4 Å². The lowest BCUT2D eigenvalue weighted by atomic mass is 10.1. The number of carboxylic acid groups (broad SMARTS) is 1. The van der Waals surface area contributed by atoms with Crippen molar-refractivity contribution < 1.29 is 19.8 Å². The van der Waals surface area contributed by atoms with Crippen molar-refractivity contribution in [2.75, 3.05) is 18.1 Å². The number of aliphatic hydroxyl groups excluding tert-OH is 1. The van der Waals surface area contributed by atoms with Crippen molar-refractivity contribution in [3.05, 3.63) is 48.0 Å². The van der Waals surface area contributed by atoms with Crippen molar-refractivity contribution in [2.24, 2.45) is 0 Å². The number of aliphatic hydroxyl groups is 1. The molecule has 2 rings (SSSR count). The highest BCUT2D eigenvalue weighted by atomic mass is 32.2. The summed E-state index contributed by atoms with van der Waals surface area (Å²) in [5, 5.41) is 18.8. The molecule has 5 nitrogen and oxygen atoms in total. The molecule has 1 aromatic rings. The minimum atomic E-state index is -0.755. The van der Waals surface area contributed by atoms with Gasteiger partial charge < -0.3 is 15.1 Å². The van der Waals surface area contributed by atoms with Gasteiger partial charge in [-0.05, 0) is 30.6 Å². The van der Waals surface area contributed by atoms with E-state index in [-0.39, 0.29) is 18.4 Å². The number of thioether (sulfide) groups is 1. The summed E-state index contributed by atoms with van der Waals surface area (Å²) in [4.78, 5) is 24.5. The van der Waals surface area contributed by atoms with Gasteiger partial charge >= 0.3 is 5.97 Å². The van der Waals surface area contributed by atoms with E-state index < -0.39 is 12.1 Å². The SMILES string of the molecule is O=C(O)CCSCCCCN1C(=O)CC[C@@H]1C=CC(O)Cc1ccccc1. The van der Waals surface area contributed by atoms with Crippen LogP contribution >= 0.6 is 11.8 Å². The zero-order chi connectivity index (χ0) is 19.5. The second-order valence-corrected chi connectivity index (χ2v) is 8.02. The first-order valence-electron chi connectivity index (χ1n) is 9.55. The molecule has 0 aromatic heterocycles. The Kier molecular flexibility index (Phi) is 9.42. The maximum absolute atomic E-state index is 12.1. The third-order valence-electron chi connectivity index (χ3n) is 4.62. The number of unbranched alkanes of at least 4 members (excludes halogenated alkanes) is 1. The molecule has 1 unspecified atom stereocenters. The molecule has 1 aliphatic heterocycles. The monoisotopic (exact) mass is 391 g/mol. The standard InChI is InChI=1S/C21H29NO4S/c23-19(16-17-6-2-1-3-7-17)10-8-18-9-11-20(24)22(18)13-4-5-14-27-15-12-21(25)26/h1-3,6-8,10,18-19,23H,4-5,9,11-16H2,(H,25,26)/t18-,19?/m0/s1. The molecule has 0 spiro atoms. The number of hydrogen-bond donors (Lipinski definition) is 2. The van der Waals surface area contributed by atoms with Gasteiger partial charge in [0.05, 0.1) is 18.6 Å². The van der Waals surface area contributed by atoms with E-state index in [0.29, 0.717) is 18.6 Å². The summed E-state index contributed by atoms with van der Waals surface area (Å²) in [6.45, 7) is 0.724. The van der Waals surface area contributed by atoms with Gasteiger partial charge in [0.2, 0.25) is 5.91 Å². The average Bonchev–Trinajstić information content (AvgIpc) is 2.99. The molecule has 0 saturated carbocycles. The Morgan fingerprint density at radius 2 is 2.04 bits per heavy atom. The van der Waals surface area contributed by atoms with Crippen LogP contribution in [0.5, 0.6) is 0 Å². The van der Waals surface area contributed by atoms with Gasteiger partial charge in [0.1, 0.15) is 0 Å². The zero-order valence-electron chi connectivity index (χ0n) is 15.6. The van der Waals surface area contributed by atoms with Gasteiger partial charge in [-0.2, -0.15) is 11.8 Å². The predicted molar refractivity (Wildman–Crippen MR) is 109 cm³/mol. The van der Waals surface area contributed by atoms with E-state index in [1.165, 1.54) is 0 Å². The molecule has 1 aromatic carbocycles. The molecule has 148 valence electrons. The van der Waals surface area contributed by atoms with Gasteiger partial charge in [-0.3, -0.25) is 9.59 Å². The summed E-state index contributed by atoms with van der Waals surface area (Å²) < 4.78 is 0. The fourth-order valence-corrected chi connectivity index (χ4v) is 4.11. The van der Waals surface area contributed by atoms with Gasteiger partial charge in [-0.1, -0.05) is 42.5 Å². The summed E-state index contributed by atoms with van der Waals surface area (Å²) in [6, 6.07) is 9.95. The molecular formula is C21H29NO4S. The fraction of sp³-hybridized carbons (Fsp3) is 0.524. The molecule has 0 bridgehead atoms. The minimum absolute atomic E-state index is 0.0718. The number of amides is 1. The molecular weight excluding hydrogens is 362 g/mol. The number of carboxylic acids is 1. The Bertz CT molecular complexity index is 620. The van der Waals surface area contributed by atoms with E-state index in [2.05, 4.69) is 0 Å². The van der Waals surface area contributed by atoms with Crippen LogP contribution in [0.15, 0.2) is 42.5 Å². The Morgan fingerprint density at radius 1 is 1.26 bits per heavy atom. The number of carbonyl (C=O) groups excluding carboxylic acids is 1. The van der Waals surface area contributed by atoms with Crippen molar-refractivity contribution in [2.45, 2.75) is 50.7 Å². The van der Waals surface area contributed by atoms with Crippen LogP contribution < -0.4 is 0 Å². The first-order valence-corrected chi connectivity index (χ1v) is 10.7. The predicted octanol–water partition coefficient (Wildman–Crippen LogP) is 3.13. The Hall–Kier alpha value is -1.79. The van der Waals surface area contributed by atoms with Crippen LogP contribution in [0.3, 0.4) is 0 Å². The van der Waals surface area contributed by atoms with Crippen molar-refractivity contribution in [3.63, 3.8) is 0 Å². The highest BCUT2D eigenvalue weighted by Crippen LogP contribution is 2.21. The van der Waals surface area contributed by atoms with Crippen LogP contribution in [0, 0.1) is 0 Å². The Labute approximate surface area is 165 Å². The van der Waals surface area contributed by atoms with Crippen LogP contribution in [-0.4, -0.2) is 57.2 Å². The molecule has 0 radical (unpaired) electrons. The third kappa shape index (κ3) is 8.18. The number of nitrogens with zero attached hydrogens (tertiary/aromatic N) is 1. The second-order valence-electron chi connectivity index (χ2n) is 6.80. The topological polar surface area (TPSA) is 77.8 Å². The fourth-order valence-electron chi connectivity index (χ4n) is 3.17. The number of hydrogen-bond acceptors (Lipinski definition) is 4. The van der Waals surface area contributed by atoms with Gasteiger partial charge in [0, 0.05) is 25.1 Å². The molecule has 2 atom stereocenters. The molecule has 1 amide bonds. The van der Waals surface area contributed by atoms with Crippen LogP contribution in [0.2, 0.25) is 0 Å². The van der Waals surface area contributed by atoms with E-state index >= 15 is 0 Å². The number of carbonyl (C=O) groups is 2. The number of aliphatic carboxylic acids is 1. The van der Waals surface area contributed by atoms with Gasteiger partial charge in [0.25, 0.3) is 0 Å². The Morgan fingerprint density at radius 3 is 2.78 bits per heavy atom. The van der Waals surface area contributed by atoms with Gasteiger partial charge in [-0.25, -0.2) is 0 Å². The van der Waals surface area contributed by atoms with Gasteiger partial charge in [-0.15, -0.1) is 0 Å². The summed E-state index contributed by atoms with van der Waals surface area (Å²) >= 11 is 1.65. The smallest absolute Gasteiger partial charge is 0.304 e. The molecule has 1 saturated heterocycles. The van der Waals surface area contributed by atoms with E-state index in [9.17, 15) is 14.7 Å². The summed E-state index contributed by atoms with van der Waals surface area (Å²) in [5.74, 6) is 0.990. The van der Waals surface area contributed by atoms with Gasteiger partial charge in [0.15, 0.2) is 0 Å².